The van der Waals surface area contributed by atoms with E-state index in [1.165, 1.54) is 5.56 Å². The molecule has 18 heavy (non-hydrogen) atoms. The van der Waals surface area contributed by atoms with Gasteiger partial charge in [0, 0.05) is 6.04 Å². The molecule has 0 saturated heterocycles. The Morgan fingerprint density at radius 3 is 2.67 bits per heavy atom. The first-order valence-corrected chi connectivity index (χ1v) is 6.15. The molecular formula is C15H18N2O. The summed E-state index contributed by atoms with van der Waals surface area (Å²) >= 11 is 0. The Labute approximate surface area is 108 Å². The molecule has 2 aromatic rings. The van der Waals surface area contributed by atoms with E-state index in [1.807, 2.05) is 50.2 Å². The van der Waals surface area contributed by atoms with Crippen molar-refractivity contribution in [3.63, 3.8) is 0 Å². The number of hydrogen-bond donors (Lipinski definition) is 1. The number of benzene rings is 1. The van der Waals surface area contributed by atoms with Crippen molar-refractivity contribution in [3.05, 3.63) is 53.9 Å². The Morgan fingerprint density at radius 1 is 1.22 bits per heavy atom. The Bertz CT molecular complexity index is 508. The molecule has 0 amide bonds. The van der Waals surface area contributed by atoms with Gasteiger partial charge in [-0.05, 0) is 43.2 Å². The topological polar surface area (TPSA) is 48.1 Å². The van der Waals surface area contributed by atoms with Crippen molar-refractivity contribution in [3.8, 4) is 11.5 Å². The number of nitrogens with two attached hydrogens (primary N) is 1. The molecule has 0 bridgehead atoms. The Kier molecular flexibility index (Phi) is 3.95. The van der Waals surface area contributed by atoms with E-state index in [-0.39, 0.29) is 6.04 Å². The molecule has 1 aromatic carbocycles. The molecule has 0 saturated carbocycles. The van der Waals surface area contributed by atoms with Gasteiger partial charge in [-0.3, -0.25) is 4.98 Å². The number of aromatic nitrogens is 1. The fourth-order valence-electron chi connectivity index (χ4n) is 1.70. The molecule has 0 aliphatic heterocycles. The average molecular weight is 242 g/mol. The third-order valence-corrected chi connectivity index (χ3v) is 2.80. The smallest absolute Gasteiger partial charge is 0.145 e. The summed E-state index contributed by atoms with van der Waals surface area (Å²) in [5.74, 6) is 1.55. The molecule has 3 nitrogen and oxygen atoms in total. The molecule has 2 rings (SSSR count). The maximum absolute atomic E-state index is 5.91. The molecule has 0 aliphatic carbocycles. The molecule has 1 unspecified atom stereocenters. The first kappa shape index (κ1) is 12.6. The van der Waals surface area contributed by atoms with Crippen molar-refractivity contribution < 1.29 is 4.74 Å². The fraction of sp³-hybridized carbons (Fsp3) is 0.267. The monoisotopic (exact) mass is 242 g/mol. The Hall–Kier alpha value is -1.87. The van der Waals surface area contributed by atoms with Crippen molar-refractivity contribution in [2.24, 2.45) is 5.73 Å². The summed E-state index contributed by atoms with van der Waals surface area (Å²) in [7, 11) is 0. The highest BCUT2D eigenvalue weighted by molar-refractivity contribution is 5.32. The van der Waals surface area contributed by atoms with Crippen LogP contribution in [0.4, 0.5) is 0 Å². The SMILES string of the molecule is CCC(N)c1ccc(Oc2cccc(C)c2)cn1. The van der Waals surface area contributed by atoms with Crippen LogP contribution in [0.15, 0.2) is 42.6 Å². The molecule has 0 spiro atoms. The van der Waals surface area contributed by atoms with Gasteiger partial charge in [-0.1, -0.05) is 19.1 Å². The van der Waals surface area contributed by atoms with Gasteiger partial charge in [0.2, 0.25) is 0 Å². The second kappa shape index (κ2) is 5.65. The second-order valence-corrected chi connectivity index (χ2v) is 4.35. The van der Waals surface area contributed by atoms with Gasteiger partial charge >= 0.3 is 0 Å². The lowest BCUT2D eigenvalue weighted by Gasteiger charge is -2.09. The van der Waals surface area contributed by atoms with Gasteiger partial charge in [-0.2, -0.15) is 0 Å². The van der Waals surface area contributed by atoms with Crippen LogP contribution in [0.5, 0.6) is 11.5 Å². The van der Waals surface area contributed by atoms with E-state index in [0.717, 1.165) is 23.6 Å². The minimum atomic E-state index is -0.00183. The van der Waals surface area contributed by atoms with Crippen molar-refractivity contribution in [2.45, 2.75) is 26.3 Å². The first-order valence-electron chi connectivity index (χ1n) is 6.15. The van der Waals surface area contributed by atoms with E-state index in [0.29, 0.717) is 0 Å². The fourth-order valence-corrected chi connectivity index (χ4v) is 1.70. The van der Waals surface area contributed by atoms with Crippen LogP contribution in [-0.2, 0) is 0 Å². The van der Waals surface area contributed by atoms with Crippen LogP contribution in [0.25, 0.3) is 0 Å². The summed E-state index contributed by atoms with van der Waals surface area (Å²) < 4.78 is 5.72. The lowest BCUT2D eigenvalue weighted by atomic mass is 10.1. The minimum Gasteiger partial charge on any atom is -0.456 e. The van der Waals surface area contributed by atoms with Crippen LogP contribution in [-0.4, -0.2) is 4.98 Å². The summed E-state index contributed by atoms with van der Waals surface area (Å²) in [5, 5.41) is 0. The molecule has 0 radical (unpaired) electrons. The average Bonchev–Trinajstić information content (AvgIpc) is 2.39. The summed E-state index contributed by atoms with van der Waals surface area (Å²) in [5.41, 5.74) is 7.98. The van der Waals surface area contributed by atoms with Gasteiger partial charge in [0.15, 0.2) is 0 Å². The number of pyridine rings is 1. The minimum absolute atomic E-state index is 0.00183. The largest absolute Gasteiger partial charge is 0.456 e. The van der Waals surface area contributed by atoms with Crippen LogP contribution < -0.4 is 10.5 Å². The lowest BCUT2D eigenvalue weighted by Crippen LogP contribution is -2.10. The molecule has 1 aromatic heterocycles. The van der Waals surface area contributed by atoms with Gasteiger partial charge < -0.3 is 10.5 Å². The first-order chi connectivity index (χ1) is 8.69. The zero-order valence-corrected chi connectivity index (χ0v) is 10.8. The van der Waals surface area contributed by atoms with Crippen LogP contribution in [0.3, 0.4) is 0 Å². The molecule has 94 valence electrons. The molecule has 3 heteroatoms. The maximum atomic E-state index is 5.91. The normalized spacial score (nSPS) is 12.2. The summed E-state index contributed by atoms with van der Waals surface area (Å²) in [6, 6.07) is 11.7. The maximum Gasteiger partial charge on any atom is 0.145 e. The predicted molar refractivity (Wildman–Crippen MR) is 72.7 cm³/mol. The van der Waals surface area contributed by atoms with E-state index in [1.54, 1.807) is 6.20 Å². The molecule has 0 aliphatic rings. The van der Waals surface area contributed by atoms with E-state index < -0.39 is 0 Å². The van der Waals surface area contributed by atoms with Crippen LogP contribution in [0.1, 0.15) is 30.6 Å². The van der Waals surface area contributed by atoms with Gasteiger partial charge in [-0.25, -0.2) is 0 Å². The molecule has 1 atom stereocenters. The Morgan fingerprint density at radius 2 is 2.06 bits per heavy atom. The van der Waals surface area contributed by atoms with Crippen molar-refractivity contribution in [2.75, 3.05) is 0 Å². The highest BCUT2D eigenvalue weighted by atomic mass is 16.5. The third-order valence-electron chi connectivity index (χ3n) is 2.80. The van der Waals surface area contributed by atoms with Gasteiger partial charge in [-0.15, -0.1) is 0 Å². The van der Waals surface area contributed by atoms with Gasteiger partial charge in [0.05, 0.1) is 11.9 Å². The van der Waals surface area contributed by atoms with Crippen molar-refractivity contribution in [1.29, 1.82) is 0 Å². The van der Waals surface area contributed by atoms with E-state index in [9.17, 15) is 0 Å². The van der Waals surface area contributed by atoms with Crippen molar-refractivity contribution in [1.82, 2.24) is 4.98 Å². The summed E-state index contributed by atoms with van der Waals surface area (Å²) in [6.07, 6.45) is 2.60. The highest BCUT2D eigenvalue weighted by Gasteiger charge is 2.05. The second-order valence-electron chi connectivity index (χ2n) is 4.35. The zero-order valence-electron chi connectivity index (χ0n) is 10.8. The predicted octanol–water partition coefficient (Wildman–Crippen LogP) is 3.59. The quantitative estimate of drug-likeness (QED) is 0.891. The van der Waals surface area contributed by atoms with E-state index in [4.69, 9.17) is 10.5 Å². The Balaban J connectivity index is 2.11. The van der Waals surface area contributed by atoms with Gasteiger partial charge in [0.1, 0.15) is 11.5 Å². The van der Waals surface area contributed by atoms with E-state index in [2.05, 4.69) is 4.98 Å². The van der Waals surface area contributed by atoms with E-state index >= 15 is 0 Å². The van der Waals surface area contributed by atoms with Crippen LogP contribution in [0.2, 0.25) is 0 Å². The third kappa shape index (κ3) is 3.08. The van der Waals surface area contributed by atoms with Crippen LogP contribution in [0, 0.1) is 6.92 Å². The number of aryl methyl sites for hydroxylation is 1. The summed E-state index contributed by atoms with van der Waals surface area (Å²) in [6.45, 7) is 4.08. The zero-order chi connectivity index (χ0) is 13.0. The lowest BCUT2D eigenvalue weighted by molar-refractivity contribution is 0.478. The number of rotatable bonds is 4. The van der Waals surface area contributed by atoms with Crippen LogP contribution >= 0.6 is 0 Å². The summed E-state index contributed by atoms with van der Waals surface area (Å²) in [4.78, 5) is 4.32. The number of hydrogen-bond acceptors (Lipinski definition) is 3. The number of nitrogens with zero attached hydrogens (tertiary/aromatic N) is 1. The highest BCUT2D eigenvalue weighted by Crippen LogP contribution is 2.22. The van der Waals surface area contributed by atoms with Crippen molar-refractivity contribution >= 4 is 0 Å². The number of ether oxygens (including phenoxy) is 1. The standard InChI is InChI=1S/C15H18N2O/c1-3-14(16)15-8-7-13(10-17-15)18-12-6-4-5-11(2)9-12/h4-10,14H,3,16H2,1-2H3. The molecule has 1 heterocycles. The molecular weight excluding hydrogens is 224 g/mol. The molecule has 0 fully saturated rings. The molecule has 2 N–H and O–H groups in total. The van der Waals surface area contributed by atoms with Gasteiger partial charge in [0.25, 0.3) is 0 Å².